The minimum Gasteiger partial charge on any atom is -0.495 e. The van der Waals surface area contributed by atoms with Crippen molar-refractivity contribution in [3.63, 3.8) is 0 Å². The van der Waals surface area contributed by atoms with Crippen molar-refractivity contribution in [1.82, 2.24) is 0 Å². The topological polar surface area (TPSA) is 94.2 Å². The van der Waals surface area contributed by atoms with Crippen LogP contribution in [0.15, 0.2) is 18.2 Å². The number of ether oxygens (including phenoxy) is 3. The molecule has 1 aromatic carbocycles. The van der Waals surface area contributed by atoms with Crippen LogP contribution in [-0.4, -0.2) is 51.3 Å². The molecule has 0 aliphatic rings. The van der Waals surface area contributed by atoms with Crippen LogP contribution in [0.1, 0.15) is 20.8 Å². The van der Waals surface area contributed by atoms with E-state index in [-0.39, 0.29) is 31.1 Å². The Morgan fingerprint density at radius 3 is 2.00 bits per heavy atom. The van der Waals surface area contributed by atoms with Crippen LogP contribution in [0.2, 0.25) is 0 Å². The van der Waals surface area contributed by atoms with Crippen LogP contribution >= 0.6 is 0 Å². The van der Waals surface area contributed by atoms with E-state index in [2.05, 4.69) is 5.32 Å². The Morgan fingerprint density at radius 1 is 1.00 bits per heavy atom. The van der Waals surface area contributed by atoms with Gasteiger partial charge in [0.15, 0.2) is 0 Å². The van der Waals surface area contributed by atoms with Gasteiger partial charge in [0, 0.05) is 26.5 Å². The van der Waals surface area contributed by atoms with E-state index >= 15 is 0 Å². The molecule has 138 valence electrons. The number of amides is 1. The van der Waals surface area contributed by atoms with Crippen LogP contribution < -0.4 is 15.0 Å². The number of nitrogens with zero attached hydrogens (tertiary/aromatic N) is 1. The van der Waals surface area contributed by atoms with Crippen LogP contribution in [0.4, 0.5) is 11.4 Å². The molecule has 8 heteroatoms. The van der Waals surface area contributed by atoms with E-state index < -0.39 is 0 Å². The molecule has 1 aromatic rings. The Kier molecular flexibility index (Phi) is 8.25. The fourth-order valence-corrected chi connectivity index (χ4v) is 2.17. The maximum absolute atomic E-state index is 11.3. The summed E-state index contributed by atoms with van der Waals surface area (Å²) in [4.78, 5) is 35.1. The molecule has 8 nitrogen and oxygen atoms in total. The molecule has 1 amide bonds. The molecule has 25 heavy (non-hydrogen) atoms. The first kappa shape index (κ1) is 20.3. The summed E-state index contributed by atoms with van der Waals surface area (Å²) >= 11 is 0. The number of esters is 2. The predicted octanol–water partition coefficient (Wildman–Crippen LogP) is 1.59. The van der Waals surface area contributed by atoms with Crippen LogP contribution in [0.5, 0.6) is 5.75 Å². The smallest absolute Gasteiger partial charge is 0.302 e. The van der Waals surface area contributed by atoms with Gasteiger partial charge in [-0.05, 0) is 18.2 Å². The second kappa shape index (κ2) is 10.2. The Labute approximate surface area is 147 Å². The Morgan fingerprint density at radius 2 is 1.56 bits per heavy atom. The van der Waals surface area contributed by atoms with Gasteiger partial charge in [0.1, 0.15) is 19.0 Å². The highest BCUT2D eigenvalue weighted by Crippen LogP contribution is 2.31. The van der Waals surface area contributed by atoms with Gasteiger partial charge in [0.25, 0.3) is 0 Å². The molecule has 0 aromatic heterocycles. The number of methoxy groups -OCH3 is 1. The number of hydrogen-bond donors (Lipinski definition) is 1. The van der Waals surface area contributed by atoms with Crippen molar-refractivity contribution in [2.45, 2.75) is 20.8 Å². The lowest BCUT2D eigenvalue weighted by molar-refractivity contribution is -0.141. The van der Waals surface area contributed by atoms with Gasteiger partial charge >= 0.3 is 11.9 Å². The summed E-state index contributed by atoms with van der Waals surface area (Å²) in [6, 6.07) is 5.20. The maximum atomic E-state index is 11.3. The number of rotatable bonds is 9. The van der Waals surface area contributed by atoms with Crippen LogP contribution in [0.3, 0.4) is 0 Å². The zero-order valence-electron chi connectivity index (χ0n) is 15.0. The van der Waals surface area contributed by atoms with Crippen molar-refractivity contribution in [1.29, 1.82) is 0 Å². The fourth-order valence-electron chi connectivity index (χ4n) is 2.17. The molecule has 0 spiro atoms. The summed E-state index contributed by atoms with van der Waals surface area (Å²) in [5.74, 6) is -0.361. The first-order valence-electron chi connectivity index (χ1n) is 7.80. The highest BCUT2D eigenvalue weighted by Gasteiger charge is 2.15. The van der Waals surface area contributed by atoms with E-state index in [4.69, 9.17) is 14.2 Å². The molecule has 0 radical (unpaired) electrons. The van der Waals surface area contributed by atoms with Crippen LogP contribution in [0, 0.1) is 0 Å². The van der Waals surface area contributed by atoms with E-state index in [9.17, 15) is 14.4 Å². The van der Waals surface area contributed by atoms with Crippen molar-refractivity contribution >= 4 is 29.2 Å². The number of anilines is 2. The summed E-state index contributed by atoms with van der Waals surface area (Å²) in [7, 11) is 1.53. The quantitative estimate of drug-likeness (QED) is 0.674. The average Bonchev–Trinajstić information content (AvgIpc) is 2.52. The van der Waals surface area contributed by atoms with Gasteiger partial charge in [-0.3, -0.25) is 14.4 Å². The molecule has 0 heterocycles. The van der Waals surface area contributed by atoms with Gasteiger partial charge in [0.05, 0.1) is 25.9 Å². The lowest BCUT2D eigenvalue weighted by Gasteiger charge is -2.26. The maximum Gasteiger partial charge on any atom is 0.302 e. The van der Waals surface area contributed by atoms with E-state index in [1.807, 2.05) is 4.90 Å². The van der Waals surface area contributed by atoms with Gasteiger partial charge < -0.3 is 24.4 Å². The lowest BCUT2D eigenvalue weighted by Crippen LogP contribution is -2.32. The third-order valence-electron chi connectivity index (χ3n) is 3.17. The summed E-state index contributed by atoms with van der Waals surface area (Å²) < 4.78 is 15.4. The molecule has 0 saturated heterocycles. The Bertz CT molecular complexity index is 597. The van der Waals surface area contributed by atoms with Gasteiger partial charge in [-0.1, -0.05) is 0 Å². The number of benzene rings is 1. The molecule has 0 unspecified atom stereocenters. The zero-order valence-corrected chi connectivity index (χ0v) is 15.0. The van der Waals surface area contributed by atoms with E-state index in [0.717, 1.165) is 0 Å². The van der Waals surface area contributed by atoms with Gasteiger partial charge in [-0.25, -0.2) is 0 Å². The van der Waals surface area contributed by atoms with Crippen molar-refractivity contribution in [3.8, 4) is 5.75 Å². The average molecular weight is 352 g/mol. The molecular formula is C17H24N2O6. The highest BCUT2D eigenvalue weighted by atomic mass is 16.5. The van der Waals surface area contributed by atoms with Crippen molar-refractivity contribution < 1.29 is 28.6 Å². The lowest BCUT2D eigenvalue weighted by atomic mass is 10.2. The van der Waals surface area contributed by atoms with Gasteiger partial charge in [0.2, 0.25) is 5.91 Å². The number of carbonyl (C=O) groups is 3. The molecule has 0 fully saturated rings. The first-order chi connectivity index (χ1) is 11.8. The van der Waals surface area contributed by atoms with Gasteiger partial charge in [-0.2, -0.15) is 0 Å². The van der Waals surface area contributed by atoms with E-state index in [1.54, 1.807) is 18.2 Å². The standard InChI is InChI=1S/C17H24N2O6/c1-12(20)18-15-5-6-17(23-4)16(11-15)19(7-9-24-13(2)21)8-10-25-14(3)22/h5-6,11H,7-10H2,1-4H3,(H,18,20). The third-order valence-corrected chi connectivity index (χ3v) is 3.17. The largest absolute Gasteiger partial charge is 0.495 e. The summed E-state index contributed by atoms with van der Waals surface area (Å²) in [5, 5.41) is 2.71. The summed E-state index contributed by atoms with van der Waals surface area (Å²) in [6.45, 7) is 5.18. The zero-order chi connectivity index (χ0) is 18.8. The molecule has 0 atom stereocenters. The highest BCUT2D eigenvalue weighted by molar-refractivity contribution is 5.89. The Balaban J connectivity index is 3.00. The SMILES string of the molecule is COc1ccc(NC(C)=O)cc1N(CCOC(C)=O)CCOC(C)=O. The second-order valence-electron chi connectivity index (χ2n) is 5.23. The predicted molar refractivity (Wildman–Crippen MR) is 92.8 cm³/mol. The Hall–Kier alpha value is -2.77. The number of carbonyl (C=O) groups excluding carboxylic acids is 3. The van der Waals surface area contributed by atoms with Gasteiger partial charge in [-0.15, -0.1) is 0 Å². The summed E-state index contributed by atoms with van der Waals surface area (Å²) in [6.07, 6.45) is 0. The molecular weight excluding hydrogens is 328 g/mol. The molecule has 1 rings (SSSR count). The number of nitrogens with one attached hydrogen (secondary N) is 1. The van der Waals surface area contributed by atoms with E-state index in [0.29, 0.717) is 30.2 Å². The van der Waals surface area contributed by atoms with Crippen LogP contribution in [0.25, 0.3) is 0 Å². The third kappa shape index (κ3) is 7.56. The molecule has 0 aliphatic carbocycles. The molecule has 0 bridgehead atoms. The summed E-state index contributed by atoms with van der Waals surface area (Å²) in [5.41, 5.74) is 1.29. The fraction of sp³-hybridized carbons (Fsp3) is 0.471. The minimum atomic E-state index is -0.376. The van der Waals surface area contributed by atoms with Crippen molar-refractivity contribution in [2.24, 2.45) is 0 Å². The minimum absolute atomic E-state index is 0.170. The first-order valence-corrected chi connectivity index (χ1v) is 7.80. The second-order valence-corrected chi connectivity index (χ2v) is 5.23. The number of hydrogen-bond acceptors (Lipinski definition) is 7. The molecule has 0 saturated carbocycles. The molecule has 1 N–H and O–H groups in total. The molecule has 0 aliphatic heterocycles. The monoisotopic (exact) mass is 352 g/mol. The van der Waals surface area contributed by atoms with Crippen molar-refractivity contribution in [2.75, 3.05) is 43.6 Å². The normalized spacial score (nSPS) is 9.92. The van der Waals surface area contributed by atoms with Crippen molar-refractivity contribution in [3.05, 3.63) is 18.2 Å². The van der Waals surface area contributed by atoms with E-state index in [1.165, 1.54) is 27.9 Å². The van der Waals surface area contributed by atoms with Crippen LogP contribution in [-0.2, 0) is 23.9 Å².